The first-order chi connectivity index (χ1) is 31.0. The number of aromatic hydroxyl groups is 1. The number of carboxylic acids is 1. The number of unbranched alkanes of at least 4 members (excludes halogenated alkanes) is 2. The van der Waals surface area contributed by atoms with E-state index in [1.54, 1.807) is 42.9 Å². The van der Waals surface area contributed by atoms with Crippen molar-refractivity contribution in [1.82, 2.24) is 40.5 Å². The second-order valence-electron chi connectivity index (χ2n) is 15.8. The molecule has 3 aliphatic rings. The van der Waals surface area contributed by atoms with E-state index in [0.717, 1.165) is 40.9 Å². The molecule has 0 unspecified atom stereocenters. The number of hydrogen-bond donors (Lipinski definition) is 5. The Labute approximate surface area is 374 Å². The first kappa shape index (κ1) is 42.4. The first-order valence-corrected chi connectivity index (χ1v) is 22.2. The van der Waals surface area contributed by atoms with Crippen molar-refractivity contribution in [2.45, 2.75) is 67.8 Å². The maximum Gasteiger partial charge on any atom is 0.336 e. The molecular formula is C47H41ClN8O7S. The number of aryl methyl sites for hydroxylation is 1. The summed E-state index contributed by atoms with van der Waals surface area (Å²) in [6.07, 6.45) is 9.78. The first-order valence-electron chi connectivity index (χ1n) is 21.0. The summed E-state index contributed by atoms with van der Waals surface area (Å²) in [7, 11) is 0. The lowest BCUT2D eigenvalue weighted by Crippen LogP contribution is -2.35. The number of pyridine rings is 1. The third-order valence-corrected chi connectivity index (χ3v) is 12.8. The van der Waals surface area contributed by atoms with Gasteiger partial charge in [0, 0.05) is 88.8 Å². The Bertz CT molecular complexity index is 3150. The average Bonchev–Trinajstić information content (AvgIpc) is 3.60. The molecule has 5 N–H and O–H groups in total. The second-order valence-corrected chi connectivity index (χ2v) is 17.3. The van der Waals surface area contributed by atoms with Crippen LogP contribution in [0.5, 0.6) is 5.75 Å². The number of carboxylic acid groups (broad SMARTS) is 1. The number of nitrogens with zero attached hydrogens (tertiary/aromatic N) is 5. The molecule has 324 valence electrons. The normalized spacial score (nSPS) is 14.8. The second kappa shape index (κ2) is 18.1. The molecule has 2 amide bonds. The number of fused-ring (bicyclic) bond motifs is 4. The number of amides is 2. The third kappa shape index (κ3) is 8.70. The van der Waals surface area contributed by atoms with Gasteiger partial charge in [0.1, 0.15) is 28.3 Å². The predicted octanol–water partition coefficient (Wildman–Crippen LogP) is 8.55. The standard InChI is InChI=1S/C47H41ClN8O7S/c1-2-34-41(48)40-42(55-47(56-44(40)54-34)64-29-21-35-43(53-23-29)50-15-14-49-35)26-16-24(17-26)22-52-38(59)6-4-3-5-13-51-45(60)25-7-10-30(33(18-25)46(61)62)39-31-11-8-27(57)19-36(31)63-37-20-28(58)9-12-32(37)39/h7-12,14-15,18-21,23-24,26,57H,2-6,13,16-17,22H2,1H3,(H,51,60)(H,52,59)(H,61,62)(H,54,55,56). The molecule has 0 saturated heterocycles. The summed E-state index contributed by atoms with van der Waals surface area (Å²) in [5.41, 5.74) is 5.15. The Balaban J connectivity index is 0.755. The number of benzene rings is 3. The average molecular weight is 897 g/mol. The van der Waals surface area contributed by atoms with Crippen molar-refractivity contribution < 1.29 is 29.0 Å². The zero-order chi connectivity index (χ0) is 44.5. The predicted molar refractivity (Wildman–Crippen MR) is 242 cm³/mol. The van der Waals surface area contributed by atoms with Gasteiger partial charge in [0.2, 0.25) is 5.91 Å². The molecule has 15 nitrogen and oxygen atoms in total. The van der Waals surface area contributed by atoms with Crippen LogP contribution in [0.15, 0.2) is 98.5 Å². The molecule has 2 aliphatic carbocycles. The SMILES string of the molecule is CCc1[nH]c2nc(Sc3cnc4nccnc4c3)nc(C3CC(CNC(=O)CCCCCNC(=O)c4ccc(-c5c6ccc(=O)cc-6oc6cc(O)ccc56)c(C(=O)O)c4)C3)c2c1Cl. The molecule has 0 spiro atoms. The number of phenols is 1. The Hall–Kier alpha value is -6.91. The zero-order valence-corrected chi connectivity index (χ0v) is 36.1. The minimum absolute atomic E-state index is 0.0234. The maximum atomic E-state index is 13.2. The lowest BCUT2D eigenvalue weighted by Gasteiger charge is -2.35. The quantitative estimate of drug-likeness (QED) is 0.0370. The minimum Gasteiger partial charge on any atom is -0.508 e. The lowest BCUT2D eigenvalue weighted by atomic mass is 9.72. The highest BCUT2D eigenvalue weighted by atomic mass is 35.5. The summed E-state index contributed by atoms with van der Waals surface area (Å²) in [6, 6.07) is 15.1. The summed E-state index contributed by atoms with van der Waals surface area (Å²) in [4.78, 5) is 77.8. The molecule has 17 heteroatoms. The molecule has 1 fully saturated rings. The number of carbonyl (C=O) groups excluding carboxylic acids is 2. The molecule has 2 aromatic carbocycles. The number of H-pyrrole nitrogens is 1. The number of carbonyl (C=O) groups is 3. The number of rotatable bonds is 15. The topological polar surface area (TPSA) is 226 Å². The van der Waals surface area contributed by atoms with Gasteiger partial charge in [-0.1, -0.05) is 31.0 Å². The molecule has 1 aliphatic heterocycles. The van der Waals surface area contributed by atoms with Crippen LogP contribution in [0.25, 0.3) is 55.6 Å². The molecule has 1 saturated carbocycles. The van der Waals surface area contributed by atoms with E-state index in [1.165, 1.54) is 42.1 Å². The van der Waals surface area contributed by atoms with Crippen molar-refractivity contribution in [3.05, 3.63) is 117 Å². The van der Waals surface area contributed by atoms with E-state index in [1.807, 2.05) is 13.0 Å². The van der Waals surface area contributed by atoms with E-state index in [9.17, 15) is 29.4 Å². The maximum absolute atomic E-state index is 13.2. The number of phenolic OH excluding ortho intramolecular Hbond substituents is 1. The van der Waals surface area contributed by atoms with E-state index >= 15 is 0 Å². The fraction of sp³-hybridized carbons (Fsp3) is 0.255. The monoisotopic (exact) mass is 896 g/mol. The van der Waals surface area contributed by atoms with Crippen molar-refractivity contribution in [3.8, 4) is 28.2 Å². The molecule has 0 atom stereocenters. The van der Waals surface area contributed by atoms with Gasteiger partial charge < -0.3 is 30.2 Å². The number of aromatic amines is 1. The van der Waals surface area contributed by atoms with Crippen LogP contribution in [-0.2, 0) is 11.2 Å². The Kier molecular flexibility index (Phi) is 12.0. The van der Waals surface area contributed by atoms with Crippen LogP contribution < -0.4 is 16.1 Å². The van der Waals surface area contributed by atoms with Crippen molar-refractivity contribution in [1.29, 1.82) is 0 Å². The van der Waals surface area contributed by atoms with Gasteiger partial charge >= 0.3 is 5.97 Å². The highest BCUT2D eigenvalue weighted by Crippen LogP contribution is 2.46. The van der Waals surface area contributed by atoms with Crippen LogP contribution in [0, 0.1) is 5.92 Å². The minimum atomic E-state index is -1.24. The largest absolute Gasteiger partial charge is 0.508 e. The molecule has 6 aromatic rings. The van der Waals surface area contributed by atoms with Crippen LogP contribution in [0.2, 0.25) is 5.02 Å². The van der Waals surface area contributed by atoms with E-state index in [-0.39, 0.29) is 45.5 Å². The number of nitrogens with one attached hydrogen (secondary N) is 3. The van der Waals surface area contributed by atoms with E-state index in [2.05, 4.69) is 30.6 Å². The summed E-state index contributed by atoms with van der Waals surface area (Å²) >= 11 is 8.26. The number of aromatic nitrogens is 6. The van der Waals surface area contributed by atoms with E-state index in [4.69, 9.17) is 26.0 Å². The van der Waals surface area contributed by atoms with E-state index < -0.39 is 11.9 Å². The number of halogens is 1. The van der Waals surface area contributed by atoms with Gasteiger partial charge in [-0.3, -0.25) is 19.4 Å². The van der Waals surface area contributed by atoms with Crippen molar-refractivity contribution in [3.63, 3.8) is 0 Å². The van der Waals surface area contributed by atoms with Crippen LogP contribution in [0.3, 0.4) is 0 Å². The van der Waals surface area contributed by atoms with Gasteiger partial charge in [0.05, 0.1) is 21.7 Å². The summed E-state index contributed by atoms with van der Waals surface area (Å²) < 4.78 is 5.90. The fourth-order valence-corrected chi connectivity index (χ4v) is 9.43. The lowest BCUT2D eigenvalue weighted by molar-refractivity contribution is -0.121. The summed E-state index contributed by atoms with van der Waals surface area (Å²) in [5, 5.41) is 28.9. The smallest absolute Gasteiger partial charge is 0.336 e. The van der Waals surface area contributed by atoms with Gasteiger partial charge in [0.25, 0.3) is 5.91 Å². The summed E-state index contributed by atoms with van der Waals surface area (Å²) in [6.45, 7) is 2.96. The van der Waals surface area contributed by atoms with Crippen LogP contribution in [0.4, 0.5) is 0 Å². The van der Waals surface area contributed by atoms with Crippen LogP contribution >= 0.6 is 23.4 Å². The van der Waals surface area contributed by atoms with Crippen molar-refractivity contribution >= 4 is 74.3 Å². The van der Waals surface area contributed by atoms with Crippen molar-refractivity contribution in [2.24, 2.45) is 5.92 Å². The molecule has 0 bridgehead atoms. The van der Waals surface area contributed by atoms with E-state index in [0.29, 0.717) is 93.8 Å². The number of aromatic carboxylic acids is 1. The van der Waals surface area contributed by atoms with Gasteiger partial charge in [-0.25, -0.2) is 24.7 Å². The molecule has 0 radical (unpaired) electrons. The van der Waals surface area contributed by atoms with Crippen molar-refractivity contribution in [2.75, 3.05) is 13.1 Å². The summed E-state index contributed by atoms with van der Waals surface area (Å²) in [5.74, 6) is -1.04. The number of hydrogen-bond acceptors (Lipinski definition) is 12. The zero-order valence-electron chi connectivity index (χ0n) is 34.5. The Morgan fingerprint density at radius 1 is 0.938 bits per heavy atom. The van der Waals surface area contributed by atoms with Gasteiger partial charge in [-0.2, -0.15) is 0 Å². The highest BCUT2D eigenvalue weighted by Gasteiger charge is 2.34. The molecular weight excluding hydrogens is 856 g/mol. The van der Waals surface area contributed by atoms with Gasteiger partial charge in [0.15, 0.2) is 16.2 Å². The fourth-order valence-electron chi connectivity index (χ4n) is 8.29. The van der Waals surface area contributed by atoms with Crippen LogP contribution in [0.1, 0.15) is 83.5 Å². The molecule has 64 heavy (non-hydrogen) atoms. The Morgan fingerprint density at radius 3 is 2.59 bits per heavy atom. The molecule has 9 rings (SSSR count). The van der Waals surface area contributed by atoms with Gasteiger partial charge in [-0.15, -0.1) is 0 Å². The third-order valence-electron chi connectivity index (χ3n) is 11.6. The van der Waals surface area contributed by atoms with Crippen LogP contribution in [-0.4, -0.2) is 71.0 Å². The molecule has 4 aromatic heterocycles. The molecule has 5 heterocycles. The Morgan fingerprint density at radius 2 is 1.77 bits per heavy atom. The highest BCUT2D eigenvalue weighted by molar-refractivity contribution is 7.99. The van der Waals surface area contributed by atoms with Gasteiger partial charge in [-0.05, 0) is 97.8 Å².